The third-order valence-corrected chi connectivity index (χ3v) is 3.91. The van der Waals surface area contributed by atoms with Gasteiger partial charge in [-0.1, -0.05) is 11.3 Å². The number of aromatic nitrogens is 1. The fraction of sp³-hybridized carbons (Fsp3) is 0.300. The van der Waals surface area contributed by atoms with Gasteiger partial charge in [0.2, 0.25) is 0 Å². The van der Waals surface area contributed by atoms with Crippen molar-refractivity contribution in [2.45, 2.75) is 18.4 Å². The molecule has 1 aromatic carbocycles. The van der Waals surface area contributed by atoms with Gasteiger partial charge in [-0.05, 0) is 31.4 Å². The molecule has 0 fully saturated rings. The zero-order chi connectivity index (χ0) is 10.1. The molecule has 0 aliphatic carbocycles. The predicted molar refractivity (Wildman–Crippen MR) is 63.1 cm³/mol. The zero-order valence-electron chi connectivity index (χ0n) is 8.20. The highest BCUT2D eigenvalue weighted by Gasteiger charge is 2.03. The molecule has 0 saturated heterocycles. The Morgan fingerprint density at radius 2 is 2.29 bits per heavy atom. The Kier molecular flexibility index (Phi) is 2.65. The molecule has 1 heterocycles. The van der Waals surface area contributed by atoms with E-state index in [-0.39, 0.29) is 0 Å². The minimum absolute atomic E-state index is 0.640. The van der Waals surface area contributed by atoms with E-state index in [0.717, 1.165) is 6.54 Å². The maximum Gasteiger partial charge on any atom is 0.182 e. The molecule has 0 aliphatic heterocycles. The summed E-state index contributed by atoms with van der Waals surface area (Å²) < 4.78 is 3.24. The summed E-state index contributed by atoms with van der Waals surface area (Å²) in [6.45, 7) is 2.95. The summed E-state index contributed by atoms with van der Waals surface area (Å²) in [4.78, 5) is 1.91. The summed E-state index contributed by atoms with van der Waals surface area (Å²) in [5.74, 6) is 0. The van der Waals surface area contributed by atoms with E-state index < -0.39 is 0 Å². The maximum atomic E-state index is 7.80. The molecule has 0 aliphatic rings. The molecule has 1 N–H and O–H groups in total. The van der Waals surface area contributed by atoms with Crippen molar-refractivity contribution in [2.75, 3.05) is 6.26 Å². The molecule has 74 valence electrons. The molecule has 0 radical (unpaired) electrons. The lowest BCUT2D eigenvalue weighted by Crippen LogP contribution is -2.10. The van der Waals surface area contributed by atoms with Crippen molar-refractivity contribution in [3.63, 3.8) is 0 Å². The summed E-state index contributed by atoms with van der Waals surface area (Å²) in [5.41, 5.74) is 1.18. The Balaban J connectivity index is 2.74. The number of rotatable bonds is 2. The molecule has 1 aromatic heterocycles. The summed E-state index contributed by atoms with van der Waals surface area (Å²) in [6.07, 6.45) is 2.07. The van der Waals surface area contributed by atoms with Gasteiger partial charge in [0.1, 0.15) is 0 Å². The van der Waals surface area contributed by atoms with Crippen LogP contribution in [-0.2, 0) is 6.54 Å². The van der Waals surface area contributed by atoms with Crippen LogP contribution >= 0.6 is 23.1 Å². The van der Waals surface area contributed by atoms with Crippen molar-refractivity contribution in [3.05, 3.63) is 23.0 Å². The molecule has 0 unspecified atom stereocenters. The van der Waals surface area contributed by atoms with Gasteiger partial charge in [-0.2, -0.15) is 0 Å². The number of nitrogens with zero attached hydrogens (tertiary/aromatic N) is 1. The summed E-state index contributed by atoms with van der Waals surface area (Å²) in [6, 6.07) is 6.39. The topological polar surface area (TPSA) is 28.8 Å². The normalized spacial score (nSPS) is 11.0. The van der Waals surface area contributed by atoms with Gasteiger partial charge in [0.25, 0.3) is 0 Å². The van der Waals surface area contributed by atoms with E-state index in [1.165, 1.54) is 15.1 Å². The standard InChI is InChI=1S/C10H12N2S2/c1-3-12-8-5-4-7(13-2)6-9(8)14-10(12)11/h4-6,11H,3H2,1-2H3. The zero-order valence-corrected chi connectivity index (χ0v) is 9.84. The summed E-state index contributed by atoms with van der Waals surface area (Å²) in [5, 5.41) is 7.80. The van der Waals surface area contributed by atoms with E-state index in [2.05, 4.69) is 31.4 Å². The lowest BCUT2D eigenvalue weighted by atomic mass is 10.3. The molecule has 0 spiro atoms. The van der Waals surface area contributed by atoms with E-state index in [1.54, 1.807) is 23.1 Å². The van der Waals surface area contributed by atoms with Gasteiger partial charge < -0.3 is 4.57 Å². The molecule has 2 rings (SSSR count). The molecule has 2 aromatic rings. The van der Waals surface area contributed by atoms with E-state index in [1.807, 2.05) is 4.57 Å². The first-order valence-corrected chi connectivity index (χ1v) is 6.52. The highest BCUT2D eigenvalue weighted by Crippen LogP contribution is 2.23. The third kappa shape index (κ3) is 1.48. The van der Waals surface area contributed by atoms with Gasteiger partial charge in [-0.25, -0.2) is 0 Å². The number of fused-ring (bicyclic) bond motifs is 1. The van der Waals surface area contributed by atoms with E-state index in [9.17, 15) is 0 Å². The molecule has 0 bridgehead atoms. The van der Waals surface area contributed by atoms with Crippen LogP contribution in [0.2, 0.25) is 0 Å². The average molecular weight is 224 g/mol. The number of thiazole rings is 1. The van der Waals surface area contributed by atoms with Gasteiger partial charge >= 0.3 is 0 Å². The lowest BCUT2D eigenvalue weighted by molar-refractivity contribution is 0.755. The van der Waals surface area contributed by atoms with Crippen molar-refractivity contribution in [3.8, 4) is 0 Å². The largest absolute Gasteiger partial charge is 0.317 e. The first kappa shape index (κ1) is 9.80. The van der Waals surface area contributed by atoms with Crippen molar-refractivity contribution in [2.24, 2.45) is 0 Å². The van der Waals surface area contributed by atoms with E-state index in [4.69, 9.17) is 5.41 Å². The smallest absolute Gasteiger partial charge is 0.182 e. The first-order chi connectivity index (χ1) is 6.76. The van der Waals surface area contributed by atoms with Gasteiger partial charge in [0.15, 0.2) is 4.80 Å². The van der Waals surface area contributed by atoms with Gasteiger partial charge in [-0.3, -0.25) is 5.41 Å². The average Bonchev–Trinajstić information content (AvgIpc) is 2.51. The van der Waals surface area contributed by atoms with E-state index in [0.29, 0.717) is 4.80 Å². The molecule has 0 amide bonds. The van der Waals surface area contributed by atoms with Crippen LogP contribution in [0.15, 0.2) is 23.1 Å². The van der Waals surface area contributed by atoms with Crippen LogP contribution in [0.5, 0.6) is 0 Å². The molecule has 0 atom stereocenters. The van der Waals surface area contributed by atoms with Crippen molar-refractivity contribution < 1.29 is 0 Å². The number of hydrogen-bond donors (Lipinski definition) is 1. The van der Waals surface area contributed by atoms with Crippen LogP contribution < -0.4 is 4.80 Å². The number of thioether (sulfide) groups is 1. The van der Waals surface area contributed by atoms with Crippen molar-refractivity contribution in [1.29, 1.82) is 5.41 Å². The highest BCUT2D eigenvalue weighted by atomic mass is 32.2. The SMILES string of the molecule is CCn1c(=N)sc2cc(SC)ccc21. The quantitative estimate of drug-likeness (QED) is 0.781. The number of aryl methyl sites for hydroxylation is 1. The lowest BCUT2D eigenvalue weighted by Gasteiger charge is -2.00. The first-order valence-electron chi connectivity index (χ1n) is 4.48. The molecular weight excluding hydrogens is 212 g/mol. The van der Waals surface area contributed by atoms with Crippen LogP contribution in [0.25, 0.3) is 10.2 Å². The molecule has 0 saturated carbocycles. The van der Waals surface area contributed by atoms with Crippen LogP contribution in [0.1, 0.15) is 6.92 Å². The highest BCUT2D eigenvalue weighted by molar-refractivity contribution is 7.98. The van der Waals surface area contributed by atoms with E-state index >= 15 is 0 Å². The van der Waals surface area contributed by atoms with Gasteiger partial charge in [0.05, 0.1) is 10.2 Å². The second-order valence-electron chi connectivity index (χ2n) is 2.99. The maximum absolute atomic E-state index is 7.80. The van der Waals surface area contributed by atoms with Crippen molar-refractivity contribution in [1.82, 2.24) is 4.57 Å². The minimum atomic E-state index is 0.640. The Hall–Kier alpha value is -0.740. The molecular formula is C10H12N2S2. The van der Waals surface area contributed by atoms with Crippen LogP contribution in [-0.4, -0.2) is 10.8 Å². The van der Waals surface area contributed by atoms with Crippen LogP contribution in [0.4, 0.5) is 0 Å². The Labute approximate surface area is 91.1 Å². The minimum Gasteiger partial charge on any atom is -0.317 e. The van der Waals surface area contributed by atoms with Crippen LogP contribution in [0, 0.1) is 5.41 Å². The Bertz CT molecular complexity index is 510. The fourth-order valence-corrected chi connectivity index (χ4v) is 3.04. The second kappa shape index (κ2) is 3.79. The molecule has 4 heteroatoms. The van der Waals surface area contributed by atoms with Crippen LogP contribution in [0.3, 0.4) is 0 Å². The number of benzene rings is 1. The predicted octanol–water partition coefficient (Wildman–Crippen LogP) is 2.92. The molecule has 14 heavy (non-hydrogen) atoms. The molecule has 2 nitrogen and oxygen atoms in total. The fourth-order valence-electron chi connectivity index (χ4n) is 1.51. The third-order valence-electron chi connectivity index (χ3n) is 2.23. The number of nitrogens with one attached hydrogen (secondary N) is 1. The van der Waals surface area contributed by atoms with Gasteiger partial charge in [0, 0.05) is 11.4 Å². The summed E-state index contributed by atoms with van der Waals surface area (Å²) in [7, 11) is 0. The Morgan fingerprint density at radius 1 is 1.50 bits per heavy atom. The van der Waals surface area contributed by atoms with Gasteiger partial charge in [-0.15, -0.1) is 11.8 Å². The summed E-state index contributed by atoms with van der Waals surface area (Å²) >= 11 is 3.29. The van der Waals surface area contributed by atoms with Crippen molar-refractivity contribution >= 4 is 33.3 Å². The number of hydrogen-bond acceptors (Lipinski definition) is 3. The monoisotopic (exact) mass is 224 g/mol. The Morgan fingerprint density at radius 3 is 2.93 bits per heavy atom. The second-order valence-corrected chi connectivity index (χ2v) is 4.90.